The highest BCUT2D eigenvalue weighted by molar-refractivity contribution is 7.93. The Labute approximate surface area is 135 Å². The Morgan fingerprint density at radius 1 is 1.04 bits per heavy atom. The lowest BCUT2D eigenvalue weighted by atomic mass is 9.93. The Hall–Kier alpha value is -2.34. The Morgan fingerprint density at radius 2 is 1.74 bits per heavy atom. The highest BCUT2D eigenvalue weighted by atomic mass is 32.2. The van der Waals surface area contributed by atoms with Gasteiger partial charge in [-0.1, -0.05) is 62.3 Å². The predicted molar refractivity (Wildman–Crippen MR) is 90.0 cm³/mol. The van der Waals surface area contributed by atoms with Gasteiger partial charge in [0.05, 0.1) is 4.90 Å². The molecule has 0 aliphatic carbocycles. The van der Waals surface area contributed by atoms with Gasteiger partial charge in [-0.15, -0.1) is 0 Å². The molecule has 5 nitrogen and oxygen atoms in total. The molecule has 0 atom stereocenters. The summed E-state index contributed by atoms with van der Waals surface area (Å²) in [6, 6.07) is 14.1. The first-order valence-corrected chi connectivity index (χ1v) is 8.73. The third-order valence-corrected chi connectivity index (χ3v) is 4.94. The van der Waals surface area contributed by atoms with Crippen molar-refractivity contribution in [2.75, 3.05) is 4.72 Å². The Kier molecular flexibility index (Phi) is 3.64. The van der Waals surface area contributed by atoms with Crippen molar-refractivity contribution >= 4 is 26.6 Å². The van der Waals surface area contributed by atoms with Crippen molar-refractivity contribution in [3.63, 3.8) is 0 Å². The topological polar surface area (TPSA) is 72.2 Å². The Balaban J connectivity index is 2.00. The van der Waals surface area contributed by atoms with Crippen molar-refractivity contribution in [3.8, 4) is 0 Å². The van der Waals surface area contributed by atoms with Gasteiger partial charge in [-0.25, -0.2) is 8.42 Å². The van der Waals surface area contributed by atoms with Gasteiger partial charge < -0.3 is 4.52 Å². The zero-order valence-corrected chi connectivity index (χ0v) is 14.0. The van der Waals surface area contributed by atoms with Crippen molar-refractivity contribution in [3.05, 3.63) is 54.3 Å². The molecule has 0 bridgehead atoms. The maximum atomic E-state index is 12.7. The first-order chi connectivity index (χ1) is 10.8. The molecule has 0 unspecified atom stereocenters. The quantitative estimate of drug-likeness (QED) is 0.790. The molecule has 3 aromatic rings. The second-order valence-corrected chi connectivity index (χ2v) is 8.06. The van der Waals surface area contributed by atoms with Crippen LogP contribution in [0.2, 0.25) is 0 Å². The van der Waals surface area contributed by atoms with Gasteiger partial charge in [-0.3, -0.25) is 4.72 Å². The number of aromatic nitrogens is 1. The van der Waals surface area contributed by atoms with Crippen LogP contribution in [-0.4, -0.2) is 13.6 Å². The van der Waals surface area contributed by atoms with Crippen LogP contribution in [0.4, 0.5) is 5.82 Å². The van der Waals surface area contributed by atoms with Crippen LogP contribution in [0.15, 0.2) is 57.9 Å². The Bertz CT molecular complexity index is 948. The highest BCUT2D eigenvalue weighted by Gasteiger charge is 2.23. The van der Waals surface area contributed by atoms with E-state index >= 15 is 0 Å². The molecule has 2 aromatic carbocycles. The third kappa shape index (κ3) is 3.07. The molecule has 0 saturated heterocycles. The van der Waals surface area contributed by atoms with Gasteiger partial charge in [0.1, 0.15) is 5.76 Å². The lowest BCUT2D eigenvalue weighted by Gasteiger charge is -2.12. The van der Waals surface area contributed by atoms with E-state index in [1.54, 1.807) is 24.3 Å². The second kappa shape index (κ2) is 5.38. The van der Waals surface area contributed by atoms with Gasteiger partial charge in [0, 0.05) is 16.9 Å². The number of sulfonamides is 1. The van der Waals surface area contributed by atoms with Crippen LogP contribution in [0.5, 0.6) is 0 Å². The van der Waals surface area contributed by atoms with Crippen LogP contribution in [-0.2, 0) is 15.4 Å². The monoisotopic (exact) mass is 330 g/mol. The van der Waals surface area contributed by atoms with Crippen LogP contribution in [0, 0.1) is 0 Å². The summed E-state index contributed by atoms with van der Waals surface area (Å²) >= 11 is 0. The lowest BCUT2D eigenvalue weighted by Crippen LogP contribution is -2.14. The van der Waals surface area contributed by atoms with Gasteiger partial charge in [-0.2, -0.15) is 0 Å². The number of nitrogens with zero attached hydrogens (tertiary/aromatic N) is 1. The van der Waals surface area contributed by atoms with Crippen molar-refractivity contribution in [1.29, 1.82) is 0 Å². The fourth-order valence-electron chi connectivity index (χ4n) is 2.30. The average Bonchev–Trinajstić information content (AvgIpc) is 2.94. The van der Waals surface area contributed by atoms with Gasteiger partial charge >= 0.3 is 0 Å². The number of anilines is 1. The molecule has 0 aliphatic rings. The molecule has 1 aromatic heterocycles. The first-order valence-electron chi connectivity index (χ1n) is 7.25. The summed E-state index contributed by atoms with van der Waals surface area (Å²) in [5.74, 6) is 0.802. The number of nitrogens with one attached hydrogen (secondary N) is 1. The number of hydrogen-bond acceptors (Lipinski definition) is 4. The average molecular weight is 330 g/mol. The molecule has 6 heteroatoms. The smallest absolute Gasteiger partial charge is 0.263 e. The van der Waals surface area contributed by atoms with Crippen LogP contribution < -0.4 is 4.72 Å². The Morgan fingerprint density at radius 3 is 2.43 bits per heavy atom. The minimum absolute atomic E-state index is 0.183. The molecule has 0 saturated carbocycles. The summed E-state index contributed by atoms with van der Waals surface area (Å²) in [6.45, 7) is 5.91. The summed E-state index contributed by atoms with van der Waals surface area (Å²) < 4.78 is 33.1. The highest BCUT2D eigenvalue weighted by Crippen LogP contribution is 2.27. The summed E-state index contributed by atoms with van der Waals surface area (Å²) in [6.07, 6.45) is 0. The molecular weight excluding hydrogens is 312 g/mol. The molecule has 1 N–H and O–H groups in total. The minimum atomic E-state index is -3.74. The SMILES string of the molecule is CC(C)(C)c1cc(NS(=O)(=O)c2cccc3ccccc23)no1. The molecule has 1 heterocycles. The van der Waals surface area contributed by atoms with E-state index in [2.05, 4.69) is 9.88 Å². The van der Waals surface area contributed by atoms with E-state index in [0.717, 1.165) is 5.39 Å². The molecule has 23 heavy (non-hydrogen) atoms. The van der Waals surface area contributed by atoms with Crippen molar-refractivity contribution in [1.82, 2.24) is 5.16 Å². The summed E-state index contributed by atoms with van der Waals surface area (Å²) in [7, 11) is -3.74. The zero-order valence-electron chi connectivity index (χ0n) is 13.2. The van der Waals surface area contributed by atoms with Crippen LogP contribution in [0.25, 0.3) is 10.8 Å². The maximum absolute atomic E-state index is 12.7. The molecule has 0 amide bonds. The normalized spacial score (nSPS) is 12.5. The molecule has 0 fully saturated rings. The van der Waals surface area contributed by atoms with Crippen LogP contribution >= 0.6 is 0 Å². The number of hydrogen-bond donors (Lipinski definition) is 1. The molecule has 0 radical (unpaired) electrons. The summed E-state index contributed by atoms with van der Waals surface area (Å²) in [5, 5.41) is 5.34. The van der Waals surface area contributed by atoms with Gasteiger partial charge in [0.15, 0.2) is 5.82 Å². The van der Waals surface area contributed by atoms with Gasteiger partial charge in [0.25, 0.3) is 10.0 Å². The van der Waals surface area contributed by atoms with E-state index < -0.39 is 10.0 Å². The zero-order chi connectivity index (χ0) is 16.7. The van der Waals surface area contributed by atoms with Crippen molar-refractivity contribution < 1.29 is 12.9 Å². The lowest BCUT2D eigenvalue weighted by molar-refractivity contribution is 0.331. The predicted octanol–water partition coefficient (Wildman–Crippen LogP) is 3.93. The fraction of sp³-hybridized carbons (Fsp3) is 0.235. The standard InChI is InChI=1S/C17H18N2O3S/c1-17(2,3)15-11-16(18-22-15)19-23(20,21)14-10-6-8-12-7-4-5-9-13(12)14/h4-11H,1-3H3,(H,18,19). The van der Waals surface area contributed by atoms with E-state index in [1.807, 2.05) is 45.0 Å². The van der Waals surface area contributed by atoms with E-state index in [4.69, 9.17) is 4.52 Å². The number of benzene rings is 2. The number of rotatable bonds is 3. The van der Waals surface area contributed by atoms with Crippen LogP contribution in [0.1, 0.15) is 26.5 Å². The minimum Gasteiger partial charge on any atom is -0.359 e. The van der Waals surface area contributed by atoms with Gasteiger partial charge in [0.2, 0.25) is 0 Å². The molecular formula is C17H18N2O3S. The molecule has 120 valence electrons. The van der Waals surface area contributed by atoms with E-state index in [0.29, 0.717) is 11.1 Å². The summed E-state index contributed by atoms with van der Waals surface area (Å²) in [5.41, 5.74) is -0.240. The first kappa shape index (κ1) is 15.6. The second-order valence-electron chi connectivity index (χ2n) is 6.41. The molecule has 0 aliphatic heterocycles. The maximum Gasteiger partial charge on any atom is 0.263 e. The third-order valence-electron chi connectivity index (χ3n) is 3.53. The van der Waals surface area contributed by atoms with Crippen molar-refractivity contribution in [2.45, 2.75) is 31.1 Å². The van der Waals surface area contributed by atoms with Crippen molar-refractivity contribution in [2.24, 2.45) is 0 Å². The van der Waals surface area contributed by atoms with Gasteiger partial charge in [-0.05, 0) is 11.5 Å². The molecule has 3 rings (SSSR count). The largest absolute Gasteiger partial charge is 0.359 e. The van der Waals surface area contributed by atoms with E-state index in [1.165, 1.54) is 0 Å². The van der Waals surface area contributed by atoms with E-state index in [-0.39, 0.29) is 16.1 Å². The fourth-order valence-corrected chi connectivity index (χ4v) is 3.51. The summed E-state index contributed by atoms with van der Waals surface area (Å²) in [4.78, 5) is 0.218. The van der Waals surface area contributed by atoms with E-state index in [9.17, 15) is 8.42 Å². The van der Waals surface area contributed by atoms with Crippen LogP contribution in [0.3, 0.4) is 0 Å². The molecule has 0 spiro atoms. The number of fused-ring (bicyclic) bond motifs is 1.